The molecule has 0 saturated carbocycles. The molecule has 2 amide bonds. The molecule has 0 unspecified atom stereocenters. The molecule has 7 nitrogen and oxygen atoms in total. The predicted octanol–water partition coefficient (Wildman–Crippen LogP) is 5.14. The third-order valence-corrected chi connectivity index (χ3v) is 6.44. The van der Waals surface area contributed by atoms with E-state index in [1.54, 1.807) is 41.0 Å². The summed E-state index contributed by atoms with van der Waals surface area (Å²) in [5.74, 6) is 0.198. The molecule has 34 heavy (non-hydrogen) atoms. The fourth-order valence-electron chi connectivity index (χ4n) is 2.93. The van der Waals surface area contributed by atoms with Gasteiger partial charge in [-0.3, -0.25) is 9.59 Å². The highest BCUT2D eigenvalue weighted by Gasteiger charge is 2.15. The van der Waals surface area contributed by atoms with Crippen molar-refractivity contribution in [3.05, 3.63) is 88.2 Å². The molecule has 10 heteroatoms. The summed E-state index contributed by atoms with van der Waals surface area (Å²) in [6.45, 7) is 6.21. The fourth-order valence-corrected chi connectivity index (χ4v) is 4.07. The van der Waals surface area contributed by atoms with E-state index in [1.165, 1.54) is 17.8 Å². The van der Waals surface area contributed by atoms with Crippen molar-refractivity contribution in [2.45, 2.75) is 25.2 Å². The summed E-state index contributed by atoms with van der Waals surface area (Å²) in [5, 5.41) is 15.7. The Morgan fingerprint density at radius 2 is 1.88 bits per heavy atom. The molecule has 0 bridgehead atoms. The topological polar surface area (TPSA) is 88.9 Å². The molecular formula is C24H23Cl2N5O2S. The fraction of sp³-hybridized carbons (Fsp3) is 0.167. The Kier molecular flexibility index (Phi) is 9.33. The minimum absolute atomic E-state index is 0.133. The number of anilines is 1. The number of aromatic nitrogens is 3. The van der Waals surface area contributed by atoms with Crippen molar-refractivity contribution in [1.82, 2.24) is 20.1 Å². The molecule has 1 aromatic heterocycles. The largest absolute Gasteiger partial charge is 0.345 e. The van der Waals surface area contributed by atoms with Crippen molar-refractivity contribution in [2.75, 3.05) is 11.1 Å². The monoisotopic (exact) mass is 515 g/mol. The van der Waals surface area contributed by atoms with Gasteiger partial charge >= 0.3 is 0 Å². The third-order valence-electron chi connectivity index (χ3n) is 4.72. The van der Waals surface area contributed by atoms with E-state index < -0.39 is 0 Å². The van der Waals surface area contributed by atoms with Crippen LogP contribution in [0, 0.1) is 6.92 Å². The van der Waals surface area contributed by atoms with Crippen LogP contribution >= 0.6 is 35.0 Å². The van der Waals surface area contributed by atoms with Gasteiger partial charge in [0.2, 0.25) is 11.8 Å². The average Bonchev–Trinajstić information content (AvgIpc) is 3.20. The van der Waals surface area contributed by atoms with Crippen LogP contribution in [0.4, 0.5) is 5.69 Å². The number of halogens is 2. The number of benzene rings is 2. The molecular weight excluding hydrogens is 493 g/mol. The second-order valence-corrected chi connectivity index (χ2v) is 8.88. The van der Waals surface area contributed by atoms with E-state index in [-0.39, 0.29) is 24.1 Å². The lowest BCUT2D eigenvalue weighted by atomic mass is 10.2. The first kappa shape index (κ1) is 25.6. The first-order valence-electron chi connectivity index (χ1n) is 10.3. The second-order valence-electron chi connectivity index (χ2n) is 7.12. The van der Waals surface area contributed by atoms with Gasteiger partial charge in [-0.05, 0) is 42.3 Å². The first-order valence-corrected chi connectivity index (χ1v) is 12.0. The number of hydrogen-bond donors (Lipinski definition) is 2. The van der Waals surface area contributed by atoms with Gasteiger partial charge in [0.15, 0.2) is 11.0 Å². The van der Waals surface area contributed by atoms with Gasteiger partial charge in [-0.1, -0.05) is 65.3 Å². The highest BCUT2D eigenvalue weighted by atomic mass is 35.5. The van der Waals surface area contributed by atoms with Gasteiger partial charge < -0.3 is 15.2 Å². The summed E-state index contributed by atoms with van der Waals surface area (Å²) in [6.07, 6.45) is 4.76. The Morgan fingerprint density at radius 3 is 2.65 bits per heavy atom. The van der Waals surface area contributed by atoms with Gasteiger partial charge in [0.05, 0.1) is 12.3 Å². The maximum atomic E-state index is 12.4. The van der Waals surface area contributed by atoms with E-state index >= 15 is 0 Å². The van der Waals surface area contributed by atoms with Crippen LogP contribution in [0.3, 0.4) is 0 Å². The minimum Gasteiger partial charge on any atom is -0.345 e. The van der Waals surface area contributed by atoms with Crippen LogP contribution < -0.4 is 10.6 Å². The molecule has 0 aliphatic heterocycles. The number of amides is 2. The Hall–Kier alpha value is -3.07. The van der Waals surface area contributed by atoms with Crippen molar-refractivity contribution in [1.29, 1.82) is 0 Å². The zero-order valence-electron chi connectivity index (χ0n) is 18.4. The van der Waals surface area contributed by atoms with Gasteiger partial charge in [0.25, 0.3) is 0 Å². The highest BCUT2D eigenvalue weighted by molar-refractivity contribution is 7.99. The number of hydrogen-bond acceptors (Lipinski definition) is 5. The Balaban J connectivity index is 1.58. The number of thioether (sulfide) groups is 1. The van der Waals surface area contributed by atoms with E-state index in [1.807, 2.05) is 25.1 Å². The van der Waals surface area contributed by atoms with Crippen LogP contribution in [0.2, 0.25) is 10.0 Å². The third kappa shape index (κ3) is 6.96. The molecule has 0 aliphatic rings. The minimum atomic E-state index is -0.293. The van der Waals surface area contributed by atoms with Gasteiger partial charge in [0, 0.05) is 28.4 Å². The van der Waals surface area contributed by atoms with Crippen molar-refractivity contribution in [3.8, 4) is 0 Å². The number of allylic oxidation sites excluding steroid dienone is 1. The maximum absolute atomic E-state index is 12.4. The lowest BCUT2D eigenvalue weighted by Crippen LogP contribution is -2.23. The Labute approximate surface area is 212 Å². The zero-order chi connectivity index (χ0) is 24.5. The average molecular weight is 516 g/mol. The molecule has 0 saturated heterocycles. The quantitative estimate of drug-likeness (QED) is 0.221. The zero-order valence-corrected chi connectivity index (χ0v) is 20.8. The summed E-state index contributed by atoms with van der Waals surface area (Å²) in [7, 11) is 0. The number of carbonyl (C=O) groups is 2. The molecule has 0 fully saturated rings. The molecule has 0 radical (unpaired) electrons. The number of rotatable bonds is 10. The van der Waals surface area contributed by atoms with Gasteiger partial charge in [-0.15, -0.1) is 16.8 Å². The van der Waals surface area contributed by atoms with Crippen LogP contribution in [0.5, 0.6) is 0 Å². The summed E-state index contributed by atoms with van der Waals surface area (Å²) < 4.78 is 1.80. The van der Waals surface area contributed by atoms with Gasteiger partial charge in [-0.2, -0.15) is 0 Å². The molecule has 3 aromatic rings. The second kappa shape index (κ2) is 12.4. The lowest BCUT2D eigenvalue weighted by Gasteiger charge is -2.10. The van der Waals surface area contributed by atoms with Crippen molar-refractivity contribution >= 4 is 58.5 Å². The molecule has 176 valence electrons. The molecule has 3 rings (SSSR count). The predicted molar refractivity (Wildman–Crippen MR) is 138 cm³/mol. The maximum Gasteiger partial charge on any atom is 0.244 e. The molecule has 2 aromatic carbocycles. The van der Waals surface area contributed by atoms with Crippen LogP contribution in [0.1, 0.15) is 17.0 Å². The first-order chi connectivity index (χ1) is 16.4. The van der Waals surface area contributed by atoms with Crippen LogP contribution in [0.25, 0.3) is 6.08 Å². The van der Waals surface area contributed by atoms with E-state index in [0.29, 0.717) is 33.3 Å². The van der Waals surface area contributed by atoms with Crippen molar-refractivity contribution in [3.63, 3.8) is 0 Å². The summed E-state index contributed by atoms with van der Waals surface area (Å²) in [5.41, 5.74) is 2.22. The summed E-state index contributed by atoms with van der Waals surface area (Å²) >= 11 is 13.5. The van der Waals surface area contributed by atoms with Crippen molar-refractivity contribution < 1.29 is 9.59 Å². The summed E-state index contributed by atoms with van der Waals surface area (Å²) in [6, 6.07) is 12.6. The Bertz CT molecular complexity index is 1230. The smallest absolute Gasteiger partial charge is 0.244 e. The lowest BCUT2D eigenvalue weighted by molar-refractivity contribution is -0.116. The van der Waals surface area contributed by atoms with E-state index in [4.69, 9.17) is 23.2 Å². The van der Waals surface area contributed by atoms with E-state index in [2.05, 4.69) is 27.4 Å². The number of nitrogens with zero attached hydrogens (tertiary/aromatic N) is 3. The number of nitrogens with one attached hydrogen (secondary N) is 2. The molecule has 1 heterocycles. The SMILES string of the molecule is C=CCn1c(CNC(=O)/C=C/c2ccccc2Cl)nnc1SCC(=O)Nc1cccc(Cl)c1C. The van der Waals surface area contributed by atoms with Crippen LogP contribution in [-0.4, -0.2) is 32.3 Å². The normalized spacial score (nSPS) is 10.9. The molecule has 0 aliphatic carbocycles. The van der Waals surface area contributed by atoms with Gasteiger partial charge in [0.1, 0.15) is 0 Å². The van der Waals surface area contributed by atoms with Crippen LogP contribution in [-0.2, 0) is 22.7 Å². The highest BCUT2D eigenvalue weighted by Crippen LogP contribution is 2.24. The molecule has 0 atom stereocenters. The van der Waals surface area contributed by atoms with Crippen LogP contribution in [0.15, 0.2) is 66.4 Å². The van der Waals surface area contributed by atoms with E-state index in [0.717, 1.165) is 11.1 Å². The standard InChI is InChI=1S/C24H23Cl2N5O2S/c1-3-13-31-21(14-27-22(32)12-11-17-7-4-5-8-19(17)26)29-30-24(31)34-15-23(33)28-20-10-6-9-18(25)16(20)2/h3-12H,1,13-15H2,2H3,(H,27,32)(H,28,33)/b12-11+. The van der Waals surface area contributed by atoms with Gasteiger partial charge in [-0.25, -0.2) is 0 Å². The summed E-state index contributed by atoms with van der Waals surface area (Å²) in [4.78, 5) is 24.7. The Morgan fingerprint density at radius 1 is 1.12 bits per heavy atom. The molecule has 0 spiro atoms. The van der Waals surface area contributed by atoms with E-state index in [9.17, 15) is 9.59 Å². The molecule has 2 N–H and O–H groups in total. The number of carbonyl (C=O) groups excluding carboxylic acids is 2. The van der Waals surface area contributed by atoms with Crippen molar-refractivity contribution in [2.24, 2.45) is 0 Å².